The number of β-amino-alcohol motifs (C(OH)–C–C–N with tert-alkyl or cyclic N) is 1. The highest BCUT2D eigenvalue weighted by atomic mass is 16.3. The van der Waals surface area contributed by atoms with Crippen molar-refractivity contribution in [3.8, 4) is 29.4 Å². The van der Waals surface area contributed by atoms with E-state index in [0.29, 0.717) is 35.2 Å². The molecule has 2 fully saturated rings. The second-order valence-electron chi connectivity index (χ2n) is 7.53. The van der Waals surface area contributed by atoms with Crippen LogP contribution in [0.2, 0.25) is 0 Å². The van der Waals surface area contributed by atoms with Crippen molar-refractivity contribution in [2.24, 2.45) is 0 Å². The molecule has 1 aromatic heterocycles. The van der Waals surface area contributed by atoms with Crippen LogP contribution in [-0.4, -0.2) is 62.6 Å². The van der Waals surface area contributed by atoms with Gasteiger partial charge in [-0.2, -0.15) is 0 Å². The monoisotopic (exact) mass is 379 g/mol. The Kier molecular flexibility index (Phi) is 5.42. The van der Waals surface area contributed by atoms with E-state index in [0.717, 1.165) is 44.5 Å². The van der Waals surface area contributed by atoms with Crippen LogP contribution in [0.4, 0.5) is 5.95 Å². The number of rotatable bonds is 6. The number of hydrogen-bond donors (Lipinski definition) is 3. The van der Waals surface area contributed by atoms with Gasteiger partial charge in [-0.25, -0.2) is 4.98 Å². The van der Waals surface area contributed by atoms with Gasteiger partial charge in [0.25, 0.3) is 0 Å². The van der Waals surface area contributed by atoms with E-state index >= 15 is 0 Å². The zero-order valence-corrected chi connectivity index (χ0v) is 15.8. The molecule has 1 saturated carbocycles. The molecule has 4 rings (SSSR count). The molecule has 2 aromatic rings. The summed E-state index contributed by atoms with van der Waals surface area (Å²) >= 11 is 0. The smallest absolute Gasteiger partial charge is 0.243 e. The van der Waals surface area contributed by atoms with E-state index in [1.807, 2.05) is 0 Å². The minimum absolute atomic E-state index is 0.0982. The maximum Gasteiger partial charge on any atom is 0.243 e. The maximum absolute atomic E-state index is 10.4. The molecule has 7 nitrogen and oxygen atoms in total. The first-order chi connectivity index (χ1) is 13.7. The first-order valence-corrected chi connectivity index (χ1v) is 9.82. The van der Waals surface area contributed by atoms with Gasteiger partial charge in [-0.05, 0) is 50.4 Å². The van der Waals surface area contributed by atoms with Crippen LogP contribution in [0.1, 0.15) is 42.9 Å². The fourth-order valence-electron chi connectivity index (χ4n) is 3.75. The molecule has 3 N–H and O–H groups in total. The van der Waals surface area contributed by atoms with Crippen molar-refractivity contribution in [2.75, 3.05) is 31.6 Å². The van der Waals surface area contributed by atoms with E-state index in [1.54, 1.807) is 18.2 Å². The largest absolute Gasteiger partial charge is 0.507 e. The molecule has 2 heterocycles. The number of piperidine rings is 1. The van der Waals surface area contributed by atoms with E-state index in [-0.39, 0.29) is 18.4 Å². The summed E-state index contributed by atoms with van der Waals surface area (Å²) in [7, 11) is 0. The van der Waals surface area contributed by atoms with E-state index in [4.69, 9.17) is 16.5 Å². The molecule has 0 bridgehead atoms. The van der Waals surface area contributed by atoms with Crippen molar-refractivity contribution >= 4 is 5.95 Å². The number of aliphatic hydroxyl groups excluding tert-OH is 1. The van der Waals surface area contributed by atoms with Crippen LogP contribution in [0.25, 0.3) is 11.3 Å². The summed E-state index contributed by atoms with van der Waals surface area (Å²) in [5, 5.41) is 31.6. The van der Waals surface area contributed by atoms with Gasteiger partial charge in [0.2, 0.25) is 5.95 Å². The van der Waals surface area contributed by atoms with Gasteiger partial charge in [-0.3, -0.25) is 4.90 Å². The maximum atomic E-state index is 10.4. The lowest BCUT2D eigenvalue weighted by Crippen LogP contribution is -2.43. The fourth-order valence-corrected chi connectivity index (χ4v) is 3.75. The molecule has 0 amide bonds. The third kappa shape index (κ3) is 4.08. The number of hydrogen-bond acceptors (Lipinski definition) is 7. The summed E-state index contributed by atoms with van der Waals surface area (Å²) in [5.74, 6) is 3.51. The minimum Gasteiger partial charge on any atom is -0.507 e. The molecule has 1 atom stereocenters. The van der Waals surface area contributed by atoms with Gasteiger partial charge in [0.15, 0.2) is 0 Å². The first-order valence-electron chi connectivity index (χ1n) is 9.82. The summed E-state index contributed by atoms with van der Waals surface area (Å²) in [6.45, 7) is 2.74. The van der Waals surface area contributed by atoms with Gasteiger partial charge in [0, 0.05) is 36.2 Å². The molecule has 2 aliphatic rings. The molecule has 1 aliphatic carbocycles. The Hall–Kier alpha value is -2.69. The molecular formula is C21H25N5O2. The highest BCUT2D eigenvalue weighted by molar-refractivity contribution is 5.70. The van der Waals surface area contributed by atoms with Crippen LogP contribution in [-0.2, 0) is 0 Å². The topological polar surface area (TPSA) is 94.4 Å². The van der Waals surface area contributed by atoms with Crippen LogP contribution in [0.3, 0.4) is 0 Å². The number of phenols is 1. The number of likely N-dealkylation sites (tertiary alicyclic amines) is 1. The van der Waals surface area contributed by atoms with Gasteiger partial charge in [0.1, 0.15) is 11.4 Å². The average molecular weight is 379 g/mol. The molecular weight excluding hydrogens is 354 g/mol. The lowest BCUT2D eigenvalue weighted by atomic mass is 10.0. The molecule has 146 valence electrons. The predicted octanol–water partition coefficient (Wildman–Crippen LogP) is 1.97. The van der Waals surface area contributed by atoms with E-state index in [9.17, 15) is 5.11 Å². The molecule has 28 heavy (non-hydrogen) atoms. The highest BCUT2D eigenvalue weighted by Gasteiger charge is 2.31. The number of aromatic hydroxyl groups is 1. The van der Waals surface area contributed by atoms with Crippen LogP contribution >= 0.6 is 0 Å². The minimum atomic E-state index is 0.0982. The molecule has 0 radical (unpaired) electrons. The molecule has 0 unspecified atom stereocenters. The van der Waals surface area contributed by atoms with E-state index in [2.05, 4.69) is 26.3 Å². The number of nitrogens with zero attached hydrogens (tertiary/aromatic N) is 4. The van der Waals surface area contributed by atoms with Gasteiger partial charge in [0.05, 0.1) is 12.3 Å². The summed E-state index contributed by atoms with van der Waals surface area (Å²) < 4.78 is 0. The van der Waals surface area contributed by atoms with E-state index in [1.165, 1.54) is 0 Å². The molecule has 7 heteroatoms. The Bertz CT molecular complexity index is 889. The zero-order chi connectivity index (χ0) is 19.5. The number of aliphatic hydroxyl groups is 1. The molecule has 0 spiro atoms. The van der Waals surface area contributed by atoms with Gasteiger partial charge < -0.3 is 15.5 Å². The van der Waals surface area contributed by atoms with Crippen molar-refractivity contribution in [1.29, 1.82) is 0 Å². The lowest BCUT2D eigenvalue weighted by molar-refractivity contribution is 0.166. The van der Waals surface area contributed by atoms with Crippen molar-refractivity contribution < 1.29 is 10.2 Å². The predicted molar refractivity (Wildman–Crippen MR) is 107 cm³/mol. The fraction of sp³-hybridized carbons (Fsp3) is 0.476. The normalized spacial score (nSPS) is 19.9. The number of aromatic nitrogens is 3. The van der Waals surface area contributed by atoms with Crippen molar-refractivity contribution in [3.05, 3.63) is 29.5 Å². The van der Waals surface area contributed by atoms with Crippen molar-refractivity contribution in [3.63, 3.8) is 0 Å². The standard InChI is InChI=1S/C21H25N5O2/c1-2-14-5-8-17(18(28)12-14)20-19(15-6-7-15)23-21(25-24-20)22-16-4-3-9-26(13-16)10-11-27/h1,5,8,12,15-16,27-28H,3-4,6-7,9-11,13H2,(H,22,23,25)/t16-/m1/s1. The highest BCUT2D eigenvalue weighted by Crippen LogP contribution is 2.44. The van der Waals surface area contributed by atoms with Crippen LogP contribution in [0.15, 0.2) is 18.2 Å². The number of benzene rings is 1. The lowest BCUT2D eigenvalue weighted by Gasteiger charge is -2.32. The van der Waals surface area contributed by atoms with Crippen molar-refractivity contribution in [1.82, 2.24) is 20.1 Å². The summed E-state index contributed by atoms with van der Waals surface area (Å²) in [6, 6.07) is 5.38. The van der Waals surface area contributed by atoms with Gasteiger partial charge in [-0.1, -0.05) is 5.92 Å². The summed E-state index contributed by atoms with van der Waals surface area (Å²) in [4.78, 5) is 7.00. The Labute approximate surface area is 164 Å². The van der Waals surface area contributed by atoms with Crippen LogP contribution in [0.5, 0.6) is 5.75 Å². The van der Waals surface area contributed by atoms with Crippen LogP contribution < -0.4 is 5.32 Å². The SMILES string of the molecule is C#Cc1ccc(-c2nnc(N[C@@H]3CCCN(CCO)C3)nc2C2CC2)c(O)c1. The van der Waals surface area contributed by atoms with Gasteiger partial charge in [-0.15, -0.1) is 16.6 Å². The number of nitrogens with one attached hydrogen (secondary N) is 1. The third-order valence-electron chi connectivity index (χ3n) is 5.35. The number of anilines is 1. The Morgan fingerprint density at radius 1 is 1.25 bits per heavy atom. The Morgan fingerprint density at radius 2 is 2.11 bits per heavy atom. The number of phenolic OH excluding ortho intramolecular Hbond substituents is 1. The molecule has 1 aliphatic heterocycles. The average Bonchev–Trinajstić information content (AvgIpc) is 3.54. The molecule has 1 aromatic carbocycles. The summed E-state index contributed by atoms with van der Waals surface area (Å²) in [6.07, 6.45) is 9.67. The quantitative estimate of drug-likeness (QED) is 0.661. The molecule has 1 saturated heterocycles. The third-order valence-corrected chi connectivity index (χ3v) is 5.35. The second kappa shape index (κ2) is 8.13. The second-order valence-corrected chi connectivity index (χ2v) is 7.53. The van der Waals surface area contributed by atoms with E-state index < -0.39 is 0 Å². The van der Waals surface area contributed by atoms with Crippen LogP contribution in [0, 0.1) is 12.3 Å². The first kappa shape index (κ1) is 18.7. The Morgan fingerprint density at radius 3 is 2.82 bits per heavy atom. The zero-order valence-electron chi connectivity index (χ0n) is 15.8. The number of terminal acetylenes is 1. The van der Waals surface area contributed by atoms with Gasteiger partial charge >= 0.3 is 0 Å². The van der Waals surface area contributed by atoms with Crippen molar-refractivity contribution in [2.45, 2.75) is 37.6 Å². The Balaban J connectivity index is 1.57. The summed E-state index contributed by atoms with van der Waals surface area (Å²) in [5.41, 5.74) is 2.74.